The summed E-state index contributed by atoms with van der Waals surface area (Å²) in [6.07, 6.45) is 5.78. The van der Waals surface area contributed by atoms with Crippen LogP contribution in [0.5, 0.6) is 0 Å². The van der Waals surface area contributed by atoms with Crippen LogP contribution in [0.15, 0.2) is 12.3 Å². The highest BCUT2D eigenvalue weighted by Crippen LogP contribution is 1.85. The summed E-state index contributed by atoms with van der Waals surface area (Å²) in [5, 5.41) is 3.90. The van der Waals surface area contributed by atoms with E-state index in [1.54, 1.807) is 0 Å². The van der Waals surface area contributed by atoms with Gasteiger partial charge in [-0.3, -0.25) is 4.68 Å². The molecule has 8 heavy (non-hydrogen) atoms. The second-order valence-corrected chi connectivity index (χ2v) is 1.71. The number of aryl methyl sites for hydroxylation is 1. The fourth-order valence-corrected chi connectivity index (χ4v) is 0.614. The fourth-order valence-electron chi connectivity index (χ4n) is 0.614. The van der Waals surface area contributed by atoms with Crippen molar-refractivity contribution in [3.63, 3.8) is 0 Å². The Balaban J connectivity index is 2.50. The van der Waals surface area contributed by atoms with Crippen LogP contribution in [0.25, 0.3) is 0 Å². The first-order valence-corrected chi connectivity index (χ1v) is 2.83. The van der Waals surface area contributed by atoms with Crippen LogP contribution in [0.4, 0.5) is 0 Å². The summed E-state index contributed by atoms with van der Waals surface area (Å²) < 4.78 is 1.88. The predicted molar refractivity (Wildman–Crippen MR) is 31.4 cm³/mol. The molecule has 43 valence electrons. The van der Waals surface area contributed by atoms with Crippen molar-refractivity contribution in [3.05, 3.63) is 18.5 Å². The third-order valence-electron chi connectivity index (χ3n) is 0.960. The third kappa shape index (κ3) is 1.09. The van der Waals surface area contributed by atoms with Crippen molar-refractivity contribution in [2.24, 2.45) is 0 Å². The minimum Gasteiger partial charge on any atom is -0.272 e. The fraction of sp³-hybridized carbons (Fsp3) is 0.500. The molecule has 0 aliphatic heterocycles. The molecule has 0 unspecified atom stereocenters. The van der Waals surface area contributed by atoms with Crippen LogP contribution >= 0.6 is 0 Å². The Kier molecular flexibility index (Phi) is 1.67. The van der Waals surface area contributed by atoms with Crippen molar-refractivity contribution >= 4 is 0 Å². The Bertz CT molecular complexity index is 132. The van der Waals surface area contributed by atoms with E-state index in [4.69, 9.17) is 0 Å². The van der Waals surface area contributed by atoms with Gasteiger partial charge in [-0.1, -0.05) is 6.92 Å². The molecule has 0 spiro atoms. The molecule has 1 radical (unpaired) electrons. The van der Waals surface area contributed by atoms with E-state index < -0.39 is 0 Å². The number of aromatic nitrogens is 2. The van der Waals surface area contributed by atoms with E-state index in [-0.39, 0.29) is 0 Å². The van der Waals surface area contributed by atoms with Crippen molar-refractivity contribution in [1.82, 2.24) is 9.78 Å². The van der Waals surface area contributed by atoms with E-state index >= 15 is 0 Å². The lowest BCUT2D eigenvalue weighted by molar-refractivity contribution is 0.601. The van der Waals surface area contributed by atoms with Gasteiger partial charge in [0.15, 0.2) is 0 Å². The van der Waals surface area contributed by atoms with Crippen molar-refractivity contribution in [2.45, 2.75) is 19.9 Å². The molecule has 1 rings (SSSR count). The predicted octanol–water partition coefficient (Wildman–Crippen LogP) is 1.09. The van der Waals surface area contributed by atoms with Gasteiger partial charge < -0.3 is 0 Å². The molecule has 2 heteroatoms. The summed E-state index contributed by atoms with van der Waals surface area (Å²) in [6.45, 7) is 3.13. The Morgan fingerprint density at radius 2 is 2.62 bits per heavy atom. The zero-order valence-corrected chi connectivity index (χ0v) is 4.96. The van der Waals surface area contributed by atoms with E-state index in [9.17, 15) is 0 Å². The van der Waals surface area contributed by atoms with Gasteiger partial charge in [0.05, 0.1) is 0 Å². The Morgan fingerprint density at radius 1 is 1.75 bits per heavy atom. The van der Waals surface area contributed by atoms with Gasteiger partial charge in [-0.25, -0.2) is 0 Å². The zero-order valence-electron chi connectivity index (χ0n) is 4.96. The van der Waals surface area contributed by atoms with E-state index in [0.717, 1.165) is 13.0 Å². The SMILES string of the molecule is CCCn1cc[c]n1. The molecule has 0 saturated carbocycles. The molecular weight excluding hydrogens is 100 g/mol. The topological polar surface area (TPSA) is 17.8 Å². The van der Waals surface area contributed by atoms with E-state index in [2.05, 4.69) is 18.2 Å². The highest BCUT2D eigenvalue weighted by atomic mass is 15.3. The maximum absolute atomic E-state index is 3.90. The molecule has 1 aromatic heterocycles. The molecule has 0 bridgehead atoms. The molecule has 1 heterocycles. The Labute approximate surface area is 49.1 Å². The molecule has 2 nitrogen and oxygen atoms in total. The van der Waals surface area contributed by atoms with E-state index in [1.807, 2.05) is 16.9 Å². The maximum Gasteiger partial charge on any atom is 0.113 e. The lowest BCUT2D eigenvalue weighted by atomic mass is 10.5. The van der Waals surface area contributed by atoms with Crippen molar-refractivity contribution in [2.75, 3.05) is 0 Å². The summed E-state index contributed by atoms with van der Waals surface area (Å²) in [6, 6.07) is 1.82. The number of rotatable bonds is 2. The van der Waals surface area contributed by atoms with Gasteiger partial charge in [0, 0.05) is 12.7 Å². The molecule has 0 N–H and O–H groups in total. The minimum absolute atomic E-state index is 1.00. The molecule has 0 saturated heterocycles. The summed E-state index contributed by atoms with van der Waals surface area (Å²) in [7, 11) is 0. The first-order chi connectivity index (χ1) is 3.93. The number of nitrogens with zero attached hydrogens (tertiary/aromatic N) is 2. The maximum atomic E-state index is 3.90. The van der Waals surface area contributed by atoms with Crippen molar-refractivity contribution < 1.29 is 0 Å². The summed E-state index contributed by atoms with van der Waals surface area (Å²) >= 11 is 0. The first kappa shape index (κ1) is 5.35. The van der Waals surface area contributed by atoms with Crippen molar-refractivity contribution in [3.8, 4) is 0 Å². The zero-order chi connectivity index (χ0) is 5.82. The van der Waals surface area contributed by atoms with Crippen LogP contribution in [0, 0.1) is 6.20 Å². The highest BCUT2D eigenvalue weighted by Gasteiger charge is 1.83. The van der Waals surface area contributed by atoms with Crippen molar-refractivity contribution in [1.29, 1.82) is 0 Å². The van der Waals surface area contributed by atoms with Crippen LogP contribution in [-0.2, 0) is 6.54 Å². The van der Waals surface area contributed by atoms with Gasteiger partial charge in [0.25, 0.3) is 0 Å². The standard InChI is InChI=1S/C6H9N2/c1-2-5-8-6-3-4-7-8/h3,6H,2,5H2,1H3. The average molecular weight is 109 g/mol. The number of hydrogen-bond acceptors (Lipinski definition) is 1. The Hall–Kier alpha value is -0.790. The summed E-state index contributed by atoms with van der Waals surface area (Å²) in [5.74, 6) is 0. The van der Waals surface area contributed by atoms with Gasteiger partial charge in [0.2, 0.25) is 0 Å². The highest BCUT2D eigenvalue weighted by molar-refractivity contribution is 4.74. The van der Waals surface area contributed by atoms with E-state index in [0.29, 0.717) is 0 Å². The summed E-state index contributed by atoms with van der Waals surface area (Å²) in [4.78, 5) is 0. The van der Waals surface area contributed by atoms with Crippen LogP contribution in [0.3, 0.4) is 0 Å². The molecule has 0 fully saturated rings. The third-order valence-corrected chi connectivity index (χ3v) is 0.960. The second-order valence-electron chi connectivity index (χ2n) is 1.71. The van der Waals surface area contributed by atoms with Gasteiger partial charge >= 0.3 is 0 Å². The quantitative estimate of drug-likeness (QED) is 0.556. The molecule has 1 aromatic rings. The van der Waals surface area contributed by atoms with Crippen LogP contribution in [-0.4, -0.2) is 9.78 Å². The van der Waals surface area contributed by atoms with E-state index in [1.165, 1.54) is 0 Å². The second kappa shape index (κ2) is 2.50. The van der Waals surface area contributed by atoms with Gasteiger partial charge in [0.1, 0.15) is 6.20 Å². The van der Waals surface area contributed by atoms with Crippen LogP contribution in [0.2, 0.25) is 0 Å². The molecule has 0 atom stereocenters. The molecule has 0 aliphatic rings. The summed E-state index contributed by atoms with van der Waals surface area (Å²) in [5.41, 5.74) is 0. The molecule has 0 aliphatic carbocycles. The number of hydrogen-bond donors (Lipinski definition) is 0. The molecule has 0 aromatic carbocycles. The Morgan fingerprint density at radius 3 is 3.12 bits per heavy atom. The monoisotopic (exact) mass is 109 g/mol. The lowest BCUT2D eigenvalue weighted by Gasteiger charge is -1.92. The van der Waals surface area contributed by atoms with Gasteiger partial charge in [-0.2, -0.15) is 5.10 Å². The smallest absolute Gasteiger partial charge is 0.113 e. The normalized spacial score (nSPS) is 9.62. The van der Waals surface area contributed by atoms with Crippen LogP contribution < -0.4 is 0 Å². The lowest BCUT2D eigenvalue weighted by Crippen LogP contribution is -1.95. The molecule has 0 amide bonds. The van der Waals surface area contributed by atoms with Crippen LogP contribution in [0.1, 0.15) is 13.3 Å². The largest absolute Gasteiger partial charge is 0.272 e. The van der Waals surface area contributed by atoms with Gasteiger partial charge in [-0.05, 0) is 12.5 Å². The first-order valence-electron chi connectivity index (χ1n) is 2.83. The minimum atomic E-state index is 1.00. The average Bonchev–Trinajstić information content (AvgIpc) is 2.19. The van der Waals surface area contributed by atoms with Gasteiger partial charge in [-0.15, -0.1) is 0 Å². The molecular formula is C6H9N2.